The summed E-state index contributed by atoms with van der Waals surface area (Å²) in [5, 5.41) is 24.1. The second-order valence-corrected chi connectivity index (χ2v) is 13.6. The number of carboxylic acid groups (broad SMARTS) is 2. The summed E-state index contributed by atoms with van der Waals surface area (Å²) in [4.78, 5) is 59.7. The lowest BCUT2D eigenvalue weighted by atomic mass is 9.78. The summed E-state index contributed by atoms with van der Waals surface area (Å²) >= 11 is 13.1. The van der Waals surface area contributed by atoms with Crippen LogP contribution in [0.4, 0.5) is 0 Å². The third-order valence-electron chi connectivity index (χ3n) is 10.3. The molecule has 3 saturated heterocycles. The van der Waals surface area contributed by atoms with E-state index < -0.39 is 17.9 Å². The zero-order valence-corrected chi connectivity index (χ0v) is 27.6. The fraction of sp³-hybridized carbons (Fsp3) is 0.429. The van der Waals surface area contributed by atoms with Crippen LogP contribution in [0.25, 0.3) is 0 Å². The van der Waals surface area contributed by atoms with E-state index in [1.54, 1.807) is 41.3 Å². The van der Waals surface area contributed by atoms with Crippen LogP contribution in [0.1, 0.15) is 60.4 Å². The molecule has 4 heterocycles. The van der Waals surface area contributed by atoms with Crippen LogP contribution < -0.4 is 5.32 Å². The number of amides is 1. The largest absolute Gasteiger partial charge is 0.478 e. The van der Waals surface area contributed by atoms with Crippen molar-refractivity contribution in [2.75, 3.05) is 33.2 Å². The normalized spacial score (nSPS) is 25.1. The molecule has 4 aliphatic heterocycles. The van der Waals surface area contributed by atoms with Crippen molar-refractivity contribution in [3.8, 4) is 0 Å². The maximum Gasteiger partial charge on any atom is 0.334 e. The fourth-order valence-electron chi connectivity index (χ4n) is 7.84. The molecule has 6 rings (SSSR count). The summed E-state index contributed by atoms with van der Waals surface area (Å²) in [6.45, 7) is 2.47. The van der Waals surface area contributed by atoms with Gasteiger partial charge in [-0.05, 0) is 44.9 Å². The van der Waals surface area contributed by atoms with Crippen molar-refractivity contribution in [3.05, 3.63) is 92.2 Å². The molecule has 2 aromatic carbocycles. The number of aliphatic carboxylic acids is 2. The quantitative estimate of drug-likeness (QED) is 0.320. The van der Waals surface area contributed by atoms with E-state index in [0.29, 0.717) is 36.8 Å². The van der Waals surface area contributed by atoms with Gasteiger partial charge in [-0.15, -0.1) is 0 Å². The molecule has 0 aromatic heterocycles. The molecular formula is C35H38Cl2N4O6. The molecule has 0 radical (unpaired) electrons. The Bertz CT molecular complexity index is 1620. The van der Waals surface area contributed by atoms with Crippen LogP contribution in [-0.2, 0) is 14.4 Å². The number of piperazine rings is 1. The highest BCUT2D eigenvalue weighted by Crippen LogP contribution is 2.45. The smallest absolute Gasteiger partial charge is 0.334 e. The van der Waals surface area contributed by atoms with Gasteiger partial charge >= 0.3 is 11.9 Å². The van der Waals surface area contributed by atoms with Crippen LogP contribution in [0.5, 0.6) is 0 Å². The highest BCUT2D eigenvalue weighted by molar-refractivity contribution is 6.36. The predicted molar refractivity (Wildman–Crippen MR) is 177 cm³/mol. The van der Waals surface area contributed by atoms with Crippen LogP contribution in [0, 0.1) is 0 Å². The highest BCUT2D eigenvalue weighted by Gasteiger charge is 2.43. The van der Waals surface area contributed by atoms with Crippen LogP contribution in [0.2, 0.25) is 10.0 Å². The van der Waals surface area contributed by atoms with Crippen molar-refractivity contribution in [3.63, 3.8) is 0 Å². The van der Waals surface area contributed by atoms with Gasteiger partial charge in [0.1, 0.15) is 0 Å². The number of carbonyl (C=O) groups excluding carboxylic acids is 2. The van der Waals surface area contributed by atoms with Gasteiger partial charge < -0.3 is 25.3 Å². The van der Waals surface area contributed by atoms with Crippen LogP contribution in [0.15, 0.2) is 71.1 Å². The number of carbonyl (C=O) groups is 4. The number of piperidine rings is 1. The van der Waals surface area contributed by atoms with Gasteiger partial charge in [0.15, 0.2) is 5.78 Å². The van der Waals surface area contributed by atoms with Crippen molar-refractivity contribution >= 4 is 46.8 Å². The number of nitrogens with zero attached hydrogens (tertiary/aromatic N) is 3. The second kappa shape index (κ2) is 13.8. The number of ketones is 1. The summed E-state index contributed by atoms with van der Waals surface area (Å²) in [6.07, 6.45) is 4.05. The zero-order valence-electron chi connectivity index (χ0n) is 26.1. The molecule has 12 heteroatoms. The average molecular weight is 682 g/mol. The maximum absolute atomic E-state index is 13.8. The van der Waals surface area contributed by atoms with Crippen LogP contribution >= 0.6 is 23.2 Å². The van der Waals surface area contributed by atoms with E-state index in [2.05, 4.69) is 22.2 Å². The molecule has 3 fully saturated rings. The van der Waals surface area contributed by atoms with Gasteiger partial charge in [0.25, 0.3) is 0 Å². The third kappa shape index (κ3) is 6.69. The zero-order chi connectivity index (χ0) is 33.4. The number of benzene rings is 2. The summed E-state index contributed by atoms with van der Waals surface area (Å²) in [7, 11) is 2.22. The first-order valence-corrected chi connectivity index (χ1v) is 16.7. The molecular weight excluding hydrogens is 643 g/mol. The minimum atomic E-state index is -1.44. The number of rotatable bonds is 9. The van der Waals surface area contributed by atoms with E-state index in [1.165, 1.54) is 25.0 Å². The van der Waals surface area contributed by atoms with E-state index >= 15 is 0 Å². The minimum absolute atomic E-state index is 0.0122. The SMILES string of the molecule is CN1C2CCC1CC(N1CCN(C(=O)CC3=C(C(=O)O)C(c4c(Cl)cccc4Cl)C(C(=O)O)=C(CC(=O)c4ccccc4)N3)CC1)C2. The van der Waals surface area contributed by atoms with Gasteiger partial charge in [-0.1, -0.05) is 59.6 Å². The lowest BCUT2D eigenvalue weighted by molar-refractivity contribution is -0.133. The topological polar surface area (TPSA) is 130 Å². The van der Waals surface area contributed by atoms with Crippen molar-refractivity contribution in [1.29, 1.82) is 0 Å². The van der Waals surface area contributed by atoms with Gasteiger partial charge in [0.2, 0.25) is 5.91 Å². The first-order chi connectivity index (χ1) is 22.5. The number of hydrogen-bond donors (Lipinski definition) is 3. The van der Waals surface area contributed by atoms with Crippen molar-refractivity contribution in [2.45, 2.75) is 62.6 Å². The van der Waals surface area contributed by atoms with Crippen molar-refractivity contribution in [1.82, 2.24) is 20.0 Å². The molecule has 3 atom stereocenters. The van der Waals surface area contributed by atoms with E-state index in [1.807, 2.05) is 0 Å². The van der Waals surface area contributed by atoms with Crippen molar-refractivity contribution < 1.29 is 29.4 Å². The van der Waals surface area contributed by atoms with Crippen LogP contribution in [0.3, 0.4) is 0 Å². The van der Waals surface area contributed by atoms with Gasteiger partial charge in [-0.2, -0.15) is 0 Å². The maximum atomic E-state index is 13.8. The Balaban J connectivity index is 1.29. The molecule has 10 nitrogen and oxygen atoms in total. The first kappa shape index (κ1) is 33.2. The number of nitrogens with one attached hydrogen (secondary N) is 1. The number of Topliss-reactive ketones (excluding diaryl/α,β-unsaturated/α-hetero) is 1. The summed E-state index contributed by atoms with van der Waals surface area (Å²) in [5.74, 6) is -4.96. The number of halogens is 2. The molecule has 3 unspecified atom stereocenters. The Hall–Kier alpha value is -3.70. The standard InChI is InChI=1S/C35H38Cl2N4O6/c1-39-21-10-11-22(39)17-23(16-21)40-12-14-41(15-13-40)29(43)19-27-32(35(46)47)33(30-24(36)8-5-9-25(30)37)31(34(44)45)26(38-27)18-28(42)20-6-3-2-4-7-20/h2-9,21-23,33,38H,10-19H2,1H3,(H,44,45)(H,46,47). The van der Waals surface area contributed by atoms with Gasteiger partial charge in [0, 0.05) is 76.9 Å². The Morgan fingerprint density at radius 2 is 1.32 bits per heavy atom. The molecule has 248 valence electrons. The number of dihydropyridines is 1. The number of hydrogen-bond acceptors (Lipinski definition) is 7. The molecule has 0 aliphatic carbocycles. The first-order valence-electron chi connectivity index (χ1n) is 16.0. The Kier molecular flexibility index (Phi) is 9.75. The van der Waals surface area contributed by atoms with E-state index in [-0.39, 0.29) is 62.7 Å². The third-order valence-corrected chi connectivity index (χ3v) is 11.0. The molecule has 0 spiro atoms. The van der Waals surface area contributed by atoms with Gasteiger partial charge in [-0.25, -0.2) is 9.59 Å². The molecule has 1 amide bonds. The Morgan fingerprint density at radius 3 is 1.87 bits per heavy atom. The van der Waals surface area contributed by atoms with E-state index in [9.17, 15) is 29.4 Å². The lowest BCUT2D eigenvalue weighted by Crippen LogP contribution is -2.56. The number of carboxylic acids is 2. The molecule has 2 aromatic rings. The van der Waals surface area contributed by atoms with E-state index in [0.717, 1.165) is 25.9 Å². The summed E-state index contributed by atoms with van der Waals surface area (Å²) in [5.41, 5.74) is -0.261. The Labute approximate surface area is 283 Å². The number of fused-ring (bicyclic) bond motifs is 2. The monoisotopic (exact) mass is 680 g/mol. The molecule has 2 bridgehead atoms. The summed E-state index contributed by atoms with van der Waals surface area (Å²) in [6, 6.07) is 14.7. The highest BCUT2D eigenvalue weighted by atomic mass is 35.5. The summed E-state index contributed by atoms with van der Waals surface area (Å²) < 4.78 is 0. The Morgan fingerprint density at radius 1 is 0.766 bits per heavy atom. The fourth-order valence-corrected chi connectivity index (χ4v) is 8.45. The van der Waals surface area contributed by atoms with Gasteiger partial charge in [0.05, 0.1) is 29.9 Å². The van der Waals surface area contributed by atoms with Crippen molar-refractivity contribution in [2.24, 2.45) is 0 Å². The molecule has 0 saturated carbocycles. The number of allylic oxidation sites excluding steroid dienone is 1. The minimum Gasteiger partial charge on any atom is -0.478 e. The van der Waals surface area contributed by atoms with E-state index in [4.69, 9.17) is 23.2 Å². The van der Waals surface area contributed by atoms with Crippen LogP contribution in [-0.4, -0.2) is 99.9 Å². The lowest BCUT2D eigenvalue weighted by Gasteiger charge is -2.45. The second-order valence-electron chi connectivity index (χ2n) is 12.8. The predicted octanol–water partition coefficient (Wildman–Crippen LogP) is 4.79. The molecule has 47 heavy (non-hydrogen) atoms. The molecule has 4 aliphatic rings. The van der Waals surface area contributed by atoms with Gasteiger partial charge in [-0.3, -0.25) is 14.5 Å². The average Bonchev–Trinajstić information content (AvgIpc) is 3.23. The molecule has 3 N–H and O–H groups in total.